The molecule has 0 aromatic carbocycles. The molecule has 2 saturated heterocycles. The zero-order chi connectivity index (χ0) is 13.8. The first-order valence-electron chi connectivity index (χ1n) is 4.39. The van der Waals surface area contributed by atoms with E-state index in [1.807, 2.05) is 0 Å². The minimum absolute atomic E-state index is 0.730. The lowest BCUT2D eigenvalue weighted by atomic mass is 9.55. The summed E-state index contributed by atoms with van der Waals surface area (Å²) in [6.07, 6.45) is 0. The number of fused-ring (bicyclic) bond motifs is 1. The predicted molar refractivity (Wildman–Crippen MR) is 46.8 cm³/mol. The maximum absolute atomic E-state index is 13.2. The molecule has 18 heteroatoms. The number of nitrogens with zero attached hydrogens (tertiary/aromatic N) is 5. The van der Waals surface area contributed by atoms with Crippen LogP contribution >= 0.6 is 0 Å². The standard InChI is InChI=1S/B5F8N5/c6-1-14-2(7)16(11)4(9)18(13)5(14)17(12)3(8)15(1)10. The Bertz CT molecular complexity index is 264. The van der Waals surface area contributed by atoms with Crippen LogP contribution in [0.4, 0.5) is 35.2 Å². The molecule has 0 amide bonds. The predicted octanol–water partition coefficient (Wildman–Crippen LogP) is -0.136. The van der Waals surface area contributed by atoms with Crippen molar-refractivity contribution >= 4 is 36.2 Å². The van der Waals surface area contributed by atoms with Crippen LogP contribution in [0.2, 0.25) is 0 Å². The summed E-state index contributed by atoms with van der Waals surface area (Å²) >= 11 is 0. The topological polar surface area (TPSA) is 16.2 Å². The molecule has 0 radical (unpaired) electrons. The van der Waals surface area contributed by atoms with Gasteiger partial charge in [0.15, 0.2) is 0 Å². The van der Waals surface area contributed by atoms with E-state index in [2.05, 4.69) is 0 Å². The van der Waals surface area contributed by atoms with Gasteiger partial charge in [-0.15, -0.1) is 19.8 Å². The van der Waals surface area contributed by atoms with Crippen LogP contribution in [-0.4, -0.2) is 60.6 Å². The van der Waals surface area contributed by atoms with E-state index in [0.717, 1.165) is 0 Å². The van der Waals surface area contributed by atoms with Gasteiger partial charge in [-0.3, -0.25) is 17.3 Å². The molecule has 2 fully saturated rings. The fourth-order valence-electron chi connectivity index (χ4n) is 1.57. The Hall–Kier alpha value is -0.435. The third-order valence-electron chi connectivity index (χ3n) is 2.42. The van der Waals surface area contributed by atoms with E-state index in [0.29, 0.717) is 0 Å². The summed E-state index contributed by atoms with van der Waals surface area (Å²) in [4.78, 5) is -5.63. The van der Waals surface area contributed by atoms with E-state index in [4.69, 9.17) is 0 Å². The van der Waals surface area contributed by atoms with Crippen molar-refractivity contribution in [1.82, 2.24) is 24.4 Å². The molecule has 0 spiro atoms. The van der Waals surface area contributed by atoms with Crippen molar-refractivity contribution in [3.05, 3.63) is 0 Å². The summed E-state index contributed by atoms with van der Waals surface area (Å²) in [6.45, 7) is 0. The Morgan fingerprint density at radius 3 is 1.17 bits per heavy atom. The molecule has 0 bridgehead atoms. The molecule has 0 aliphatic carbocycles. The summed E-state index contributed by atoms with van der Waals surface area (Å²) in [6, 6.07) is 0. The normalized spacial score (nSPS) is 26.3. The molecule has 5 nitrogen and oxygen atoms in total. The van der Waals surface area contributed by atoms with Crippen molar-refractivity contribution in [2.24, 2.45) is 0 Å². The minimum atomic E-state index is -3.44. The maximum Gasteiger partial charge on any atom is 0.560 e. The monoisotopic (exact) mass is 277 g/mol. The quantitative estimate of drug-likeness (QED) is 0.347. The van der Waals surface area contributed by atoms with E-state index < -0.39 is 60.6 Å². The number of rotatable bonds is 0. The van der Waals surface area contributed by atoms with Crippen molar-refractivity contribution in [2.75, 3.05) is 0 Å². The van der Waals surface area contributed by atoms with Gasteiger partial charge in [0.2, 0.25) is 0 Å². The van der Waals surface area contributed by atoms with E-state index in [1.165, 1.54) is 0 Å². The van der Waals surface area contributed by atoms with Gasteiger partial charge in [0.1, 0.15) is 0 Å². The van der Waals surface area contributed by atoms with Gasteiger partial charge in [0.25, 0.3) is 0 Å². The van der Waals surface area contributed by atoms with E-state index in [-0.39, 0.29) is 0 Å². The molecule has 2 aliphatic heterocycles. The summed E-state index contributed by atoms with van der Waals surface area (Å²) in [5.41, 5.74) is 0. The summed E-state index contributed by atoms with van der Waals surface area (Å²) < 4.78 is 103. The van der Waals surface area contributed by atoms with Crippen LogP contribution in [0, 0.1) is 0 Å². The maximum atomic E-state index is 13.2. The second-order valence-corrected chi connectivity index (χ2v) is 3.41. The van der Waals surface area contributed by atoms with Crippen LogP contribution in [0.25, 0.3) is 0 Å². The van der Waals surface area contributed by atoms with E-state index >= 15 is 0 Å². The van der Waals surface area contributed by atoms with Gasteiger partial charge in [0.05, 0.1) is 0 Å². The molecule has 2 heterocycles. The Labute approximate surface area is 96.8 Å². The summed E-state index contributed by atoms with van der Waals surface area (Å²) in [7, 11) is -16.5. The highest BCUT2D eigenvalue weighted by atomic mass is 19.2. The van der Waals surface area contributed by atoms with Crippen molar-refractivity contribution in [1.29, 1.82) is 0 Å². The third kappa shape index (κ3) is 1.74. The SMILES string of the molecule is FB1N(F)B(F)N2B(F)N(F)B(F)N(F)B2N1F. The highest BCUT2D eigenvalue weighted by Crippen LogP contribution is 2.31. The Balaban J connectivity index is 2.36. The molecule has 0 atom stereocenters. The molecule has 2 rings (SSSR count). The van der Waals surface area contributed by atoms with Gasteiger partial charge in [0, 0.05) is 0 Å². The van der Waals surface area contributed by atoms with Gasteiger partial charge in [-0.25, -0.2) is 0 Å². The first-order chi connectivity index (χ1) is 8.29. The Morgan fingerprint density at radius 1 is 0.500 bits per heavy atom. The average Bonchev–Trinajstić information content (AvgIpc) is 2.35. The molecular weight excluding hydrogens is 276 g/mol. The molecule has 0 aromatic rings. The second-order valence-electron chi connectivity index (χ2n) is 3.41. The number of halogens is 8. The molecule has 0 aromatic heterocycles. The first kappa shape index (κ1) is 14.0. The van der Waals surface area contributed by atoms with Crippen molar-refractivity contribution in [3.8, 4) is 0 Å². The molecule has 2 aliphatic rings. The molecule has 18 heavy (non-hydrogen) atoms. The number of hydrogen-bond acceptors (Lipinski definition) is 5. The molecule has 96 valence electrons. The summed E-state index contributed by atoms with van der Waals surface area (Å²) in [5, 5.41) is 0. The Kier molecular flexibility index (Phi) is 3.57. The fourth-order valence-corrected chi connectivity index (χ4v) is 1.57. The lowest BCUT2D eigenvalue weighted by molar-refractivity contribution is 0.0561. The fraction of sp³-hybridized carbons (Fsp3) is 0. The molecule has 0 unspecified atom stereocenters. The smallest absolute Gasteiger partial charge is 0.304 e. The second kappa shape index (κ2) is 4.59. The average molecular weight is 276 g/mol. The molecule has 0 saturated carbocycles. The zero-order valence-electron chi connectivity index (χ0n) is 8.15. The van der Waals surface area contributed by atoms with Gasteiger partial charge >= 0.3 is 36.2 Å². The first-order valence-corrected chi connectivity index (χ1v) is 4.39. The van der Waals surface area contributed by atoms with Crippen LogP contribution in [0.3, 0.4) is 0 Å². The van der Waals surface area contributed by atoms with Gasteiger partial charge in [-0.1, -0.05) is 0 Å². The lowest BCUT2D eigenvalue weighted by Crippen LogP contribution is -2.84. The highest BCUT2D eigenvalue weighted by Gasteiger charge is 2.71. The van der Waals surface area contributed by atoms with Gasteiger partial charge < -0.3 is 4.63 Å². The summed E-state index contributed by atoms with van der Waals surface area (Å²) in [5.74, 6) is 0. The van der Waals surface area contributed by atoms with E-state index in [1.54, 1.807) is 0 Å². The van der Waals surface area contributed by atoms with Crippen LogP contribution in [0.5, 0.6) is 0 Å². The minimum Gasteiger partial charge on any atom is -0.304 e. The van der Waals surface area contributed by atoms with Crippen molar-refractivity contribution < 1.29 is 35.2 Å². The van der Waals surface area contributed by atoms with Gasteiger partial charge in [-0.2, -0.15) is 17.9 Å². The van der Waals surface area contributed by atoms with Crippen LogP contribution < -0.4 is 0 Å². The van der Waals surface area contributed by atoms with Crippen molar-refractivity contribution in [3.63, 3.8) is 0 Å². The lowest BCUT2D eigenvalue weighted by Gasteiger charge is -2.45. The molecular formula is B5F8N5. The largest absolute Gasteiger partial charge is 0.560 e. The molecule has 0 N–H and O–H groups in total. The van der Waals surface area contributed by atoms with Crippen LogP contribution in [0.15, 0.2) is 0 Å². The van der Waals surface area contributed by atoms with Crippen LogP contribution in [-0.2, 0) is 0 Å². The van der Waals surface area contributed by atoms with Gasteiger partial charge in [-0.05, 0) is 0 Å². The van der Waals surface area contributed by atoms with Crippen molar-refractivity contribution in [2.45, 2.75) is 0 Å². The highest BCUT2D eigenvalue weighted by molar-refractivity contribution is 6.93. The van der Waals surface area contributed by atoms with Crippen LogP contribution in [0.1, 0.15) is 0 Å². The van der Waals surface area contributed by atoms with E-state index in [9.17, 15) is 35.2 Å². The zero-order valence-corrected chi connectivity index (χ0v) is 8.15. The third-order valence-corrected chi connectivity index (χ3v) is 2.42. The number of hydrogen-bond donors (Lipinski definition) is 0. The Morgan fingerprint density at radius 2 is 0.833 bits per heavy atom.